The van der Waals surface area contributed by atoms with Crippen molar-refractivity contribution in [1.82, 2.24) is 10.2 Å². The van der Waals surface area contributed by atoms with Crippen molar-refractivity contribution in [1.29, 1.82) is 0 Å². The Morgan fingerprint density at radius 3 is 2.38 bits per heavy atom. The van der Waals surface area contributed by atoms with Crippen LogP contribution < -0.4 is 5.32 Å². The van der Waals surface area contributed by atoms with Crippen LogP contribution in [-0.4, -0.2) is 11.9 Å². The highest BCUT2D eigenvalue weighted by Crippen LogP contribution is 2.40. The maximum atomic E-state index is 4.06. The zero-order chi connectivity index (χ0) is 19.5. The average Bonchev–Trinajstić information content (AvgIpc) is 2.94. The van der Waals surface area contributed by atoms with E-state index in [9.17, 15) is 0 Å². The van der Waals surface area contributed by atoms with Gasteiger partial charge in [-0.25, -0.2) is 0 Å². The number of nitrogens with one attached hydrogen (secondary N) is 1. The minimum absolute atomic E-state index is 0.135. The van der Waals surface area contributed by atoms with E-state index in [2.05, 4.69) is 102 Å². The van der Waals surface area contributed by atoms with Gasteiger partial charge < -0.3 is 10.2 Å². The molecule has 1 aromatic rings. The number of rotatable bonds is 7. The molecule has 0 aromatic heterocycles. The predicted octanol–water partition coefficient (Wildman–Crippen LogP) is 6.28. The zero-order valence-electron chi connectivity index (χ0n) is 17.9. The number of benzene rings is 1. The molecule has 2 atom stereocenters. The zero-order valence-corrected chi connectivity index (χ0v) is 17.9. The monoisotopic (exact) mass is 354 g/mol. The molecular formula is C24H38N2. The third-order valence-electron chi connectivity index (χ3n) is 5.41. The topological polar surface area (TPSA) is 15.3 Å². The quantitative estimate of drug-likeness (QED) is 0.580. The lowest BCUT2D eigenvalue weighted by molar-refractivity contribution is 0.252. The molecule has 0 aliphatic carbocycles. The van der Waals surface area contributed by atoms with E-state index in [1.165, 1.54) is 23.2 Å². The molecule has 0 bridgehead atoms. The van der Waals surface area contributed by atoms with Crippen molar-refractivity contribution in [2.45, 2.75) is 67.0 Å². The van der Waals surface area contributed by atoms with E-state index >= 15 is 0 Å². The summed E-state index contributed by atoms with van der Waals surface area (Å²) < 4.78 is 0. The first-order valence-corrected chi connectivity index (χ1v) is 9.98. The molecule has 1 heterocycles. The summed E-state index contributed by atoms with van der Waals surface area (Å²) in [7, 11) is 2.18. The van der Waals surface area contributed by atoms with Crippen molar-refractivity contribution in [2.75, 3.05) is 7.05 Å². The van der Waals surface area contributed by atoms with Gasteiger partial charge in [0.2, 0.25) is 0 Å². The average molecular weight is 355 g/mol. The number of hydrogen-bond acceptors (Lipinski definition) is 2. The number of hydrogen-bond donors (Lipinski definition) is 1. The molecule has 2 unspecified atom stereocenters. The fraction of sp³-hybridized carbons (Fsp3) is 0.583. The smallest absolute Gasteiger partial charge is 0.125 e. The van der Waals surface area contributed by atoms with E-state index in [0.29, 0.717) is 11.3 Å². The standard InChI is InChI=1S/C24H38N2/c1-9-18-13-11-12-14-20(18)22-25-21(17-26(22)8)19(15-23(3,4)5)16-24(6,7)10-2/h10-14,17,19,22,25H,2,9,15-16H2,1,3-8H3. The van der Waals surface area contributed by atoms with Gasteiger partial charge in [0.15, 0.2) is 0 Å². The number of nitrogens with zero attached hydrogens (tertiary/aromatic N) is 1. The lowest BCUT2D eigenvalue weighted by Gasteiger charge is -2.33. The second kappa shape index (κ2) is 7.90. The molecule has 0 saturated heterocycles. The summed E-state index contributed by atoms with van der Waals surface area (Å²) in [6.45, 7) is 17.9. The Bertz CT molecular complexity index is 648. The summed E-state index contributed by atoms with van der Waals surface area (Å²) in [5.41, 5.74) is 4.61. The Morgan fingerprint density at radius 1 is 1.15 bits per heavy atom. The maximum absolute atomic E-state index is 4.06. The molecule has 2 rings (SSSR count). The Balaban J connectivity index is 2.27. The van der Waals surface area contributed by atoms with Crippen LogP contribution in [-0.2, 0) is 6.42 Å². The Kier molecular flexibility index (Phi) is 6.26. The molecule has 26 heavy (non-hydrogen) atoms. The van der Waals surface area contributed by atoms with E-state index in [4.69, 9.17) is 0 Å². The van der Waals surface area contributed by atoms with E-state index in [1.54, 1.807) is 0 Å². The highest BCUT2D eigenvalue weighted by atomic mass is 15.3. The molecule has 2 heteroatoms. The van der Waals surface area contributed by atoms with Gasteiger partial charge in [-0.3, -0.25) is 0 Å². The molecule has 0 fully saturated rings. The molecule has 0 amide bonds. The molecular weight excluding hydrogens is 316 g/mol. The van der Waals surface area contributed by atoms with Crippen molar-refractivity contribution in [2.24, 2.45) is 16.7 Å². The van der Waals surface area contributed by atoms with Gasteiger partial charge in [-0.05, 0) is 41.2 Å². The van der Waals surface area contributed by atoms with Crippen LogP contribution in [0, 0.1) is 16.7 Å². The molecule has 1 aliphatic rings. The highest BCUT2D eigenvalue weighted by Gasteiger charge is 2.33. The maximum Gasteiger partial charge on any atom is 0.125 e. The van der Waals surface area contributed by atoms with E-state index in [-0.39, 0.29) is 11.6 Å². The van der Waals surface area contributed by atoms with Crippen LogP contribution in [0.4, 0.5) is 0 Å². The van der Waals surface area contributed by atoms with Crippen molar-refractivity contribution >= 4 is 0 Å². The summed E-state index contributed by atoms with van der Waals surface area (Å²) in [4.78, 5) is 2.33. The first-order valence-electron chi connectivity index (χ1n) is 9.98. The first kappa shape index (κ1) is 20.6. The Labute approximate surface area is 161 Å². The van der Waals surface area contributed by atoms with Crippen LogP contribution in [0.5, 0.6) is 0 Å². The molecule has 2 nitrogen and oxygen atoms in total. The molecule has 144 valence electrons. The lowest BCUT2D eigenvalue weighted by atomic mass is 9.75. The van der Waals surface area contributed by atoms with Gasteiger partial charge in [0, 0.05) is 24.9 Å². The van der Waals surface area contributed by atoms with Crippen LogP contribution >= 0.6 is 0 Å². The van der Waals surface area contributed by atoms with Crippen LogP contribution in [0.15, 0.2) is 48.8 Å². The third-order valence-corrected chi connectivity index (χ3v) is 5.41. The van der Waals surface area contributed by atoms with Gasteiger partial charge in [0.05, 0.1) is 0 Å². The van der Waals surface area contributed by atoms with Crippen molar-refractivity contribution < 1.29 is 0 Å². The normalized spacial score (nSPS) is 19.1. The van der Waals surface area contributed by atoms with Gasteiger partial charge in [0.25, 0.3) is 0 Å². The van der Waals surface area contributed by atoms with Crippen molar-refractivity contribution in [3.8, 4) is 0 Å². The number of aryl methyl sites for hydroxylation is 1. The third kappa shape index (κ3) is 5.16. The van der Waals surface area contributed by atoms with E-state index in [1.807, 2.05) is 0 Å². The first-order chi connectivity index (χ1) is 12.1. The van der Waals surface area contributed by atoms with E-state index in [0.717, 1.165) is 12.8 Å². The summed E-state index contributed by atoms with van der Waals surface area (Å²) in [6.07, 6.45) is 8.00. The van der Waals surface area contributed by atoms with Gasteiger partial charge in [-0.1, -0.05) is 71.9 Å². The fourth-order valence-corrected chi connectivity index (χ4v) is 3.98. The van der Waals surface area contributed by atoms with Crippen LogP contribution in [0.1, 0.15) is 71.7 Å². The lowest BCUT2D eigenvalue weighted by Crippen LogP contribution is -2.29. The van der Waals surface area contributed by atoms with Crippen LogP contribution in [0.2, 0.25) is 0 Å². The minimum atomic E-state index is 0.135. The van der Waals surface area contributed by atoms with Gasteiger partial charge in [-0.2, -0.15) is 0 Å². The van der Waals surface area contributed by atoms with Crippen LogP contribution in [0.3, 0.4) is 0 Å². The fourth-order valence-electron chi connectivity index (χ4n) is 3.98. The van der Waals surface area contributed by atoms with Crippen LogP contribution in [0.25, 0.3) is 0 Å². The molecule has 0 spiro atoms. The Hall–Kier alpha value is -1.70. The van der Waals surface area contributed by atoms with E-state index < -0.39 is 0 Å². The van der Waals surface area contributed by atoms with Gasteiger partial charge >= 0.3 is 0 Å². The van der Waals surface area contributed by atoms with Crippen molar-refractivity contribution in [3.05, 3.63) is 59.9 Å². The second-order valence-electron chi connectivity index (χ2n) is 9.71. The number of allylic oxidation sites excluding steroid dienone is 2. The summed E-state index contributed by atoms with van der Waals surface area (Å²) in [5, 5.41) is 3.85. The summed E-state index contributed by atoms with van der Waals surface area (Å²) >= 11 is 0. The molecule has 0 saturated carbocycles. The second-order valence-corrected chi connectivity index (χ2v) is 9.71. The molecule has 1 aromatic carbocycles. The minimum Gasteiger partial charge on any atom is -0.363 e. The predicted molar refractivity (Wildman–Crippen MR) is 114 cm³/mol. The molecule has 0 radical (unpaired) electrons. The largest absolute Gasteiger partial charge is 0.363 e. The highest BCUT2D eigenvalue weighted by molar-refractivity contribution is 5.32. The van der Waals surface area contributed by atoms with Gasteiger partial charge in [0.1, 0.15) is 6.17 Å². The summed E-state index contributed by atoms with van der Waals surface area (Å²) in [6, 6.07) is 8.79. The Morgan fingerprint density at radius 2 is 1.81 bits per heavy atom. The van der Waals surface area contributed by atoms with Gasteiger partial charge in [-0.15, -0.1) is 6.58 Å². The van der Waals surface area contributed by atoms with Crippen molar-refractivity contribution in [3.63, 3.8) is 0 Å². The molecule has 1 N–H and O–H groups in total. The summed E-state index contributed by atoms with van der Waals surface area (Å²) in [5.74, 6) is 0.504. The SMILES string of the molecule is C=CC(C)(C)CC(CC(C)(C)C)C1=CN(C)C(c2ccccc2CC)N1. The molecule has 1 aliphatic heterocycles.